The molecule has 0 radical (unpaired) electrons. The van der Waals surface area contributed by atoms with Crippen LogP contribution in [0.15, 0.2) is 33.4 Å². The topological polar surface area (TPSA) is 55.2 Å². The molecule has 0 aliphatic heterocycles. The van der Waals surface area contributed by atoms with E-state index >= 15 is 0 Å². The van der Waals surface area contributed by atoms with E-state index in [2.05, 4.69) is 38.9 Å². The molecule has 4 nitrogen and oxygen atoms in total. The van der Waals surface area contributed by atoms with Crippen molar-refractivity contribution in [2.45, 2.75) is 20.0 Å². The lowest BCUT2D eigenvalue weighted by Crippen LogP contribution is -2.13. The quantitative estimate of drug-likeness (QED) is 0.660. The first-order valence-electron chi connectivity index (χ1n) is 5.72. The van der Waals surface area contributed by atoms with Crippen molar-refractivity contribution >= 4 is 33.0 Å². The van der Waals surface area contributed by atoms with E-state index in [4.69, 9.17) is 0 Å². The summed E-state index contributed by atoms with van der Waals surface area (Å²) in [6, 6.07) is 4.99. The summed E-state index contributed by atoms with van der Waals surface area (Å²) in [7, 11) is 0. The van der Waals surface area contributed by atoms with Gasteiger partial charge in [-0.25, -0.2) is 0 Å². The molecule has 1 heterocycles. The van der Waals surface area contributed by atoms with Crippen LogP contribution in [0.3, 0.4) is 0 Å². The molecular weight excluding hydrogens is 328 g/mol. The molecule has 0 unspecified atom stereocenters. The SMILES string of the molecule is Cc1cscc1CNCc1cc(Br)cc([N+](=O)[O-])c1. The summed E-state index contributed by atoms with van der Waals surface area (Å²) in [4.78, 5) is 10.4. The average Bonchev–Trinajstić information content (AvgIpc) is 2.74. The molecule has 0 aliphatic carbocycles. The Kier molecular flexibility index (Phi) is 4.68. The zero-order valence-electron chi connectivity index (χ0n) is 10.4. The number of nitro groups is 1. The first-order chi connectivity index (χ1) is 9.06. The standard InChI is InChI=1S/C13H13BrN2O2S/c1-9-7-19-8-11(9)6-15-5-10-2-12(14)4-13(3-10)16(17)18/h2-4,7-8,15H,5-6H2,1H3. The molecule has 2 aromatic rings. The Balaban J connectivity index is 2.00. The van der Waals surface area contributed by atoms with Crippen LogP contribution in [-0.2, 0) is 13.1 Å². The maximum absolute atomic E-state index is 10.8. The Morgan fingerprint density at radius 3 is 2.74 bits per heavy atom. The van der Waals surface area contributed by atoms with Crippen LogP contribution in [0, 0.1) is 17.0 Å². The van der Waals surface area contributed by atoms with Crippen LogP contribution in [0.25, 0.3) is 0 Å². The van der Waals surface area contributed by atoms with E-state index in [1.165, 1.54) is 17.2 Å². The Morgan fingerprint density at radius 2 is 2.11 bits per heavy atom. The smallest absolute Gasteiger partial charge is 0.270 e. The third-order valence-corrected chi connectivity index (χ3v) is 4.13. The number of nitro benzene ring substituents is 1. The van der Waals surface area contributed by atoms with Crippen LogP contribution >= 0.6 is 27.3 Å². The Bertz CT molecular complexity index is 598. The van der Waals surface area contributed by atoms with Crippen LogP contribution in [0.1, 0.15) is 16.7 Å². The minimum absolute atomic E-state index is 0.109. The van der Waals surface area contributed by atoms with Gasteiger partial charge in [0.1, 0.15) is 0 Å². The van der Waals surface area contributed by atoms with Gasteiger partial charge in [0, 0.05) is 29.7 Å². The predicted molar refractivity (Wildman–Crippen MR) is 80.4 cm³/mol. The number of hydrogen-bond acceptors (Lipinski definition) is 4. The lowest BCUT2D eigenvalue weighted by atomic mass is 10.2. The van der Waals surface area contributed by atoms with Crippen molar-refractivity contribution in [3.63, 3.8) is 0 Å². The van der Waals surface area contributed by atoms with Crippen molar-refractivity contribution in [1.82, 2.24) is 5.32 Å². The number of rotatable bonds is 5. The minimum Gasteiger partial charge on any atom is -0.309 e. The second-order valence-electron chi connectivity index (χ2n) is 4.26. The van der Waals surface area contributed by atoms with Crippen molar-refractivity contribution in [3.05, 3.63) is 60.2 Å². The van der Waals surface area contributed by atoms with Gasteiger partial charge in [0.15, 0.2) is 0 Å². The van der Waals surface area contributed by atoms with Crippen LogP contribution in [0.5, 0.6) is 0 Å². The monoisotopic (exact) mass is 340 g/mol. The zero-order valence-corrected chi connectivity index (χ0v) is 12.8. The molecule has 0 bridgehead atoms. The summed E-state index contributed by atoms with van der Waals surface area (Å²) in [6.45, 7) is 3.46. The molecule has 2 rings (SSSR count). The highest BCUT2D eigenvalue weighted by Crippen LogP contribution is 2.21. The van der Waals surface area contributed by atoms with Gasteiger partial charge in [0.2, 0.25) is 0 Å². The number of benzene rings is 1. The second-order valence-corrected chi connectivity index (χ2v) is 5.92. The molecule has 0 atom stereocenters. The predicted octanol–water partition coefficient (Wildman–Crippen LogP) is 4.02. The molecule has 1 aromatic carbocycles. The van der Waals surface area contributed by atoms with Gasteiger partial charge < -0.3 is 5.32 Å². The lowest BCUT2D eigenvalue weighted by Gasteiger charge is -2.05. The van der Waals surface area contributed by atoms with Crippen LogP contribution in [-0.4, -0.2) is 4.92 Å². The van der Waals surface area contributed by atoms with Crippen molar-refractivity contribution in [2.24, 2.45) is 0 Å². The molecule has 0 aliphatic rings. The maximum Gasteiger partial charge on any atom is 0.270 e. The number of nitrogens with zero attached hydrogens (tertiary/aromatic N) is 1. The highest BCUT2D eigenvalue weighted by Gasteiger charge is 2.08. The van der Waals surface area contributed by atoms with E-state index in [9.17, 15) is 10.1 Å². The summed E-state index contributed by atoms with van der Waals surface area (Å²) in [5.74, 6) is 0. The first-order valence-corrected chi connectivity index (χ1v) is 7.46. The molecule has 100 valence electrons. The zero-order chi connectivity index (χ0) is 13.8. The molecule has 1 aromatic heterocycles. The van der Waals surface area contributed by atoms with E-state index in [0.29, 0.717) is 6.54 Å². The van der Waals surface area contributed by atoms with Crippen molar-refractivity contribution < 1.29 is 4.92 Å². The molecule has 19 heavy (non-hydrogen) atoms. The Hall–Kier alpha value is -1.24. The number of thiophene rings is 1. The number of nitrogens with one attached hydrogen (secondary N) is 1. The van der Waals surface area contributed by atoms with Gasteiger partial charge in [0.25, 0.3) is 5.69 Å². The average molecular weight is 341 g/mol. The number of halogens is 1. The highest BCUT2D eigenvalue weighted by atomic mass is 79.9. The van der Waals surface area contributed by atoms with E-state index in [1.54, 1.807) is 17.4 Å². The van der Waals surface area contributed by atoms with Crippen molar-refractivity contribution in [2.75, 3.05) is 0 Å². The van der Waals surface area contributed by atoms with E-state index in [0.717, 1.165) is 16.6 Å². The fraction of sp³-hybridized carbons (Fsp3) is 0.231. The van der Waals surface area contributed by atoms with Gasteiger partial charge in [-0.2, -0.15) is 11.3 Å². The normalized spacial score (nSPS) is 10.6. The van der Waals surface area contributed by atoms with Crippen LogP contribution in [0.2, 0.25) is 0 Å². The summed E-state index contributed by atoms with van der Waals surface area (Å²) in [5, 5.41) is 18.3. The molecule has 0 saturated carbocycles. The molecule has 0 fully saturated rings. The Morgan fingerprint density at radius 1 is 1.32 bits per heavy atom. The summed E-state index contributed by atoms with van der Waals surface area (Å²) in [5.41, 5.74) is 3.55. The fourth-order valence-electron chi connectivity index (χ4n) is 1.75. The summed E-state index contributed by atoms with van der Waals surface area (Å²) < 4.78 is 0.727. The van der Waals surface area contributed by atoms with Crippen molar-refractivity contribution in [1.29, 1.82) is 0 Å². The number of non-ortho nitro benzene ring substituents is 1. The van der Waals surface area contributed by atoms with E-state index in [-0.39, 0.29) is 10.6 Å². The molecule has 0 spiro atoms. The van der Waals surface area contributed by atoms with E-state index < -0.39 is 0 Å². The third-order valence-electron chi connectivity index (χ3n) is 2.76. The van der Waals surface area contributed by atoms with Gasteiger partial charge in [-0.1, -0.05) is 15.9 Å². The largest absolute Gasteiger partial charge is 0.309 e. The molecular formula is C13H13BrN2O2S. The van der Waals surface area contributed by atoms with Crippen LogP contribution in [0.4, 0.5) is 5.69 Å². The minimum atomic E-state index is -0.378. The molecule has 0 saturated heterocycles. The maximum atomic E-state index is 10.8. The van der Waals surface area contributed by atoms with Gasteiger partial charge in [0.05, 0.1) is 4.92 Å². The molecule has 0 amide bonds. The fourth-order valence-corrected chi connectivity index (χ4v) is 3.14. The number of hydrogen-bond donors (Lipinski definition) is 1. The number of aryl methyl sites for hydroxylation is 1. The van der Waals surface area contributed by atoms with E-state index in [1.807, 2.05) is 6.07 Å². The summed E-state index contributed by atoms with van der Waals surface area (Å²) in [6.07, 6.45) is 0. The second kappa shape index (κ2) is 6.27. The van der Waals surface area contributed by atoms with Gasteiger partial charge in [-0.3, -0.25) is 10.1 Å². The third kappa shape index (κ3) is 3.86. The van der Waals surface area contributed by atoms with Gasteiger partial charge in [-0.05, 0) is 40.4 Å². The Labute approximate surface area is 123 Å². The molecule has 1 N–H and O–H groups in total. The van der Waals surface area contributed by atoms with Gasteiger partial charge in [-0.15, -0.1) is 0 Å². The van der Waals surface area contributed by atoms with Gasteiger partial charge >= 0.3 is 0 Å². The molecule has 6 heteroatoms. The van der Waals surface area contributed by atoms with Crippen molar-refractivity contribution in [3.8, 4) is 0 Å². The first kappa shape index (κ1) is 14.2. The van der Waals surface area contributed by atoms with Crippen LogP contribution < -0.4 is 5.32 Å². The highest BCUT2D eigenvalue weighted by molar-refractivity contribution is 9.10. The lowest BCUT2D eigenvalue weighted by molar-refractivity contribution is -0.385. The summed E-state index contributed by atoms with van der Waals surface area (Å²) >= 11 is 4.98.